The highest BCUT2D eigenvalue weighted by atomic mass is 32.2. The van der Waals surface area contributed by atoms with Gasteiger partial charge in [-0.25, -0.2) is 27.5 Å². The van der Waals surface area contributed by atoms with Gasteiger partial charge in [0.15, 0.2) is 5.82 Å². The predicted molar refractivity (Wildman–Crippen MR) is 124 cm³/mol. The van der Waals surface area contributed by atoms with Crippen molar-refractivity contribution in [1.82, 2.24) is 29.1 Å². The van der Waals surface area contributed by atoms with Crippen LogP contribution < -0.4 is 5.56 Å². The summed E-state index contributed by atoms with van der Waals surface area (Å²) in [6.07, 6.45) is -0.443. The van der Waals surface area contributed by atoms with Crippen LogP contribution in [0.2, 0.25) is 0 Å². The second kappa shape index (κ2) is 8.94. The Bertz CT molecular complexity index is 1340. The normalized spacial score (nSPS) is 12.3. The van der Waals surface area contributed by atoms with E-state index in [1.54, 1.807) is 46.0 Å². The molecule has 0 radical (unpaired) electrons. The highest BCUT2D eigenvalue weighted by Gasteiger charge is 2.21. The molecule has 0 unspecified atom stereocenters. The fourth-order valence-electron chi connectivity index (χ4n) is 2.96. The van der Waals surface area contributed by atoms with Gasteiger partial charge in [0.1, 0.15) is 17.0 Å². The molecule has 0 aliphatic carbocycles. The molecule has 3 heterocycles. The third-order valence-electron chi connectivity index (χ3n) is 4.57. The number of nitrogens with one attached hydrogen (secondary N) is 2. The maximum Gasteiger partial charge on any atom is 0.410 e. The molecular weight excluding hydrogens is 448 g/mol. The molecule has 3 aromatic rings. The highest BCUT2D eigenvalue weighted by molar-refractivity contribution is 7.88. The van der Waals surface area contributed by atoms with Gasteiger partial charge < -0.3 is 19.6 Å². The van der Waals surface area contributed by atoms with Crippen molar-refractivity contribution in [3.05, 3.63) is 46.0 Å². The summed E-state index contributed by atoms with van der Waals surface area (Å²) in [5, 5.41) is 0. The Kier molecular flexibility index (Phi) is 6.61. The lowest BCUT2D eigenvalue weighted by atomic mass is 10.2. The SMILES string of the molecule is CN(Cc1cc2nc(-c3nc(CS(=O)(=O)N(C)C)cc(=O)[nH]3)ccc2[nH]1)C(=O)OC(C)(C)C. The number of rotatable bonds is 6. The van der Waals surface area contributed by atoms with Gasteiger partial charge in [0.2, 0.25) is 10.0 Å². The Hall–Kier alpha value is -3.25. The minimum Gasteiger partial charge on any atom is -0.444 e. The summed E-state index contributed by atoms with van der Waals surface area (Å²) in [5.74, 6) is -0.230. The van der Waals surface area contributed by atoms with E-state index in [1.165, 1.54) is 19.0 Å². The molecule has 0 fully saturated rings. The molecule has 3 rings (SSSR count). The Morgan fingerprint density at radius 3 is 2.42 bits per heavy atom. The molecule has 0 aliphatic heterocycles. The van der Waals surface area contributed by atoms with Crippen molar-refractivity contribution in [2.24, 2.45) is 0 Å². The predicted octanol–water partition coefficient (Wildman–Crippen LogP) is 2.07. The van der Waals surface area contributed by atoms with Crippen molar-refractivity contribution in [2.45, 2.75) is 38.7 Å². The van der Waals surface area contributed by atoms with E-state index in [1.807, 2.05) is 0 Å². The van der Waals surface area contributed by atoms with Crippen LogP contribution in [0.1, 0.15) is 32.2 Å². The van der Waals surface area contributed by atoms with Crippen LogP contribution in [0.25, 0.3) is 22.6 Å². The minimum atomic E-state index is -3.58. The van der Waals surface area contributed by atoms with E-state index in [4.69, 9.17) is 4.74 Å². The van der Waals surface area contributed by atoms with Gasteiger partial charge in [-0.3, -0.25) is 4.79 Å². The number of carbonyl (C=O) groups is 1. The average molecular weight is 477 g/mol. The summed E-state index contributed by atoms with van der Waals surface area (Å²) in [4.78, 5) is 40.4. The van der Waals surface area contributed by atoms with Crippen LogP contribution in [0.4, 0.5) is 4.79 Å². The molecule has 2 N–H and O–H groups in total. The summed E-state index contributed by atoms with van der Waals surface area (Å²) in [7, 11) is 0.900. The van der Waals surface area contributed by atoms with Crippen molar-refractivity contribution in [1.29, 1.82) is 0 Å². The lowest BCUT2D eigenvalue weighted by molar-refractivity contribution is 0.0283. The summed E-state index contributed by atoms with van der Waals surface area (Å²) in [5.41, 5.74) is 1.53. The molecule has 11 nitrogen and oxygen atoms in total. The number of hydrogen-bond donors (Lipinski definition) is 2. The molecule has 0 saturated heterocycles. The monoisotopic (exact) mass is 476 g/mol. The van der Waals surface area contributed by atoms with Crippen LogP contribution in [-0.4, -0.2) is 70.4 Å². The molecule has 0 aromatic carbocycles. The first-order chi connectivity index (χ1) is 15.2. The molecule has 0 spiro atoms. The summed E-state index contributed by atoms with van der Waals surface area (Å²) >= 11 is 0. The Labute approximate surface area is 191 Å². The maximum absolute atomic E-state index is 12.2. The fourth-order valence-corrected chi connectivity index (χ4v) is 3.74. The van der Waals surface area contributed by atoms with Gasteiger partial charge in [0.25, 0.3) is 5.56 Å². The topological polar surface area (TPSA) is 141 Å². The first kappa shape index (κ1) is 24.4. The van der Waals surface area contributed by atoms with Crippen LogP contribution in [0, 0.1) is 0 Å². The zero-order valence-corrected chi connectivity index (χ0v) is 20.3. The third kappa shape index (κ3) is 6.17. The highest BCUT2D eigenvalue weighted by Crippen LogP contribution is 2.20. The molecule has 33 heavy (non-hydrogen) atoms. The van der Waals surface area contributed by atoms with Crippen molar-refractivity contribution in [3.63, 3.8) is 0 Å². The van der Waals surface area contributed by atoms with Gasteiger partial charge in [-0.05, 0) is 39.0 Å². The van der Waals surface area contributed by atoms with Crippen molar-refractivity contribution >= 4 is 27.1 Å². The second-order valence-electron chi connectivity index (χ2n) is 8.88. The molecule has 0 aliphatic rings. The van der Waals surface area contributed by atoms with E-state index in [-0.39, 0.29) is 18.1 Å². The lowest BCUT2D eigenvalue weighted by Crippen LogP contribution is -2.33. The molecule has 0 atom stereocenters. The van der Waals surface area contributed by atoms with Crippen LogP contribution in [0.3, 0.4) is 0 Å². The summed E-state index contributed by atoms with van der Waals surface area (Å²) < 4.78 is 30.8. The zero-order valence-electron chi connectivity index (χ0n) is 19.5. The third-order valence-corrected chi connectivity index (χ3v) is 6.34. The number of amides is 1. The average Bonchev–Trinajstić information content (AvgIpc) is 3.07. The molecule has 1 amide bonds. The smallest absolute Gasteiger partial charge is 0.410 e. The van der Waals surface area contributed by atoms with Gasteiger partial charge in [-0.15, -0.1) is 0 Å². The number of aromatic nitrogens is 4. The standard InChI is InChI=1S/C21H28N6O5S/c1-21(2,3)32-20(29)27(6)11-13-9-17-15(22-13)7-8-16(24-17)19-23-14(10-18(28)25-19)12-33(30,31)26(4)5/h7-10,22H,11-12H2,1-6H3,(H,23,25,28). The van der Waals surface area contributed by atoms with Crippen molar-refractivity contribution < 1.29 is 17.9 Å². The molecule has 178 valence electrons. The number of carbonyl (C=O) groups excluding carboxylic acids is 1. The quantitative estimate of drug-likeness (QED) is 0.555. The number of nitrogens with zero attached hydrogens (tertiary/aromatic N) is 4. The fraction of sp³-hybridized carbons (Fsp3) is 0.429. The maximum atomic E-state index is 12.2. The van der Waals surface area contributed by atoms with Crippen molar-refractivity contribution in [3.8, 4) is 11.5 Å². The van der Waals surface area contributed by atoms with E-state index in [9.17, 15) is 18.0 Å². The number of hydrogen-bond acceptors (Lipinski definition) is 7. The number of H-pyrrole nitrogens is 2. The van der Waals surface area contributed by atoms with Crippen molar-refractivity contribution in [2.75, 3.05) is 21.1 Å². The van der Waals surface area contributed by atoms with E-state index in [2.05, 4.69) is 19.9 Å². The van der Waals surface area contributed by atoms with Gasteiger partial charge in [-0.1, -0.05) is 0 Å². The Morgan fingerprint density at radius 2 is 1.79 bits per heavy atom. The van der Waals surface area contributed by atoms with E-state index >= 15 is 0 Å². The molecule has 0 saturated carbocycles. The number of sulfonamides is 1. The van der Waals surface area contributed by atoms with E-state index < -0.39 is 33.0 Å². The van der Waals surface area contributed by atoms with E-state index in [0.717, 1.165) is 21.6 Å². The van der Waals surface area contributed by atoms with Crippen LogP contribution in [0.15, 0.2) is 29.1 Å². The Balaban J connectivity index is 1.86. The molecule has 3 aromatic heterocycles. The summed E-state index contributed by atoms with van der Waals surface area (Å²) in [6.45, 7) is 5.69. The molecule has 12 heteroatoms. The van der Waals surface area contributed by atoms with Gasteiger partial charge in [-0.2, -0.15) is 0 Å². The lowest BCUT2D eigenvalue weighted by Gasteiger charge is -2.24. The second-order valence-corrected chi connectivity index (χ2v) is 11.1. The number of aromatic amines is 2. The van der Waals surface area contributed by atoms with E-state index in [0.29, 0.717) is 11.2 Å². The zero-order chi connectivity index (χ0) is 24.6. The molecular formula is C21H28N6O5S. The van der Waals surface area contributed by atoms with Crippen LogP contribution in [0.5, 0.6) is 0 Å². The molecule has 0 bridgehead atoms. The minimum absolute atomic E-state index is 0.123. The van der Waals surface area contributed by atoms with Crippen LogP contribution >= 0.6 is 0 Å². The number of pyridine rings is 1. The van der Waals surface area contributed by atoms with Gasteiger partial charge >= 0.3 is 6.09 Å². The van der Waals surface area contributed by atoms with Gasteiger partial charge in [0, 0.05) is 32.9 Å². The number of ether oxygens (including phenoxy) is 1. The Morgan fingerprint density at radius 1 is 1.09 bits per heavy atom. The summed E-state index contributed by atoms with van der Waals surface area (Å²) in [6, 6.07) is 6.39. The van der Waals surface area contributed by atoms with Crippen LogP contribution in [-0.2, 0) is 27.1 Å². The van der Waals surface area contributed by atoms with Gasteiger partial charge in [0.05, 0.1) is 23.3 Å². The number of fused-ring (bicyclic) bond motifs is 1. The first-order valence-corrected chi connectivity index (χ1v) is 11.8. The largest absolute Gasteiger partial charge is 0.444 e. The first-order valence-electron chi connectivity index (χ1n) is 10.2.